The van der Waals surface area contributed by atoms with Gasteiger partial charge in [0.1, 0.15) is 6.34 Å². The van der Waals surface area contributed by atoms with Crippen molar-refractivity contribution in [2.24, 2.45) is 16.8 Å². The highest BCUT2D eigenvalue weighted by molar-refractivity contribution is 5.96. The van der Waals surface area contributed by atoms with Crippen LogP contribution in [0.5, 0.6) is 0 Å². The molecule has 1 heterocycles. The molecule has 0 unspecified atom stereocenters. The van der Waals surface area contributed by atoms with E-state index in [0.29, 0.717) is 11.3 Å². The molecule has 128 valence electrons. The molecule has 0 aromatic heterocycles. The second-order valence-electron chi connectivity index (χ2n) is 5.30. The van der Waals surface area contributed by atoms with Crippen molar-refractivity contribution in [3.05, 3.63) is 29.8 Å². The normalized spacial score (nSPS) is 18.2. The highest BCUT2D eigenvalue weighted by Gasteiger charge is 2.19. The Hall–Kier alpha value is -2.12. The largest absolute Gasteiger partial charge is 0.348 e. The summed E-state index contributed by atoms with van der Waals surface area (Å²) in [5, 5.41) is 7.69. The summed E-state index contributed by atoms with van der Waals surface area (Å²) in [7, 11) is 2.07. The molecule has 0 bridgehead atoms. The van der Waals surface area contributed by atoms with Crippen LogP contribution < -0.4 is 22.0 Å². The van der Waals surface area contributed by atoms with Crippen LogP contribution in [0.3, 0.4) is 0 Å². The number of hydrogen-bond donors (Lipinski definition) is 3. The number of hydrazone groups is 1. The molecule has 1 fully saturated rings. The third-order valence-corrected chi connectivity index (χ3v) is 3.56. The molecule has 1 aliphatic rings. The van der Waals surface area contributed by atoms with E-state index in [1.165, 1.54) is 11.3 Å². The molecule has 0 spiro atoms. The molecule has 1 aromatic rings. The van der Waals surface area contributed by atoms with Crippen LogP contribution in [0.4, 0.5) is 5.69 Å². The standard InChI is InChI=1S/C14H22N6O.C2H6/c1-19-7-3-5-12(9-19)18-14(21)11-4-2-6-13(8-11)20(16)10-17-15;1-2/h2,4,6,8,10,12H,3,5,7,9,15-16H2,1H3,(H,18,21);1-2H3/b17-10-;/t12-;/m1./s1. The Kier molecular flexibility index (Phi) is 8.07. The van der Waals surface area contributed by atoms with Crippen molar-refractivity contribution in [2.75, 3.05) is 25.1 Å². The second kappa shape index (κ2) is 9.81. The predicted molar refractivity (Wildman–Crippen MR) is 95.1 cm³/mol. The van der Waals surface area contributed by atoms with E-state index in [0.717, 1.165) is 25.9 Å². The number of anilines is 1. The number of likely N-dealkylation sites (N-methyl/N-ethyl adjacent to an activating group) is 1. The lowest BCUT2D eigenvalue weighted by molar-refractivity contribution is 0.0912. The number of nitrogens with two attached hydrogens (primary N) is 2. The maximum Gasteiger partial charge on any atom is 0.251 e. The van der Waals surface area contributed by atoms with Gasteiger partial charge >= 0.3 is 0 Å². The summed E-state index contributed by atoms with van der Waals surface area (Å²) < 4.78 is 0. The van der Waals surface area contributed by atoms with Crippen molar-refractivity contribution in [1.82, 2.24) is 10.2 Å². The van der Waals surface area contributed by atoms with E-state index in [4.69, 9.17) is 11.7 Å². The molecule has 7 nitrogen and oxygen atoms in total. The maximum atomic E-state index is 12.3. The molecule has 7 heteroatoms. The van der Waals surface area contributed by atoms with Crippen LogP contribution in [-0.4, -0.2) is 43.3 Å². The van der Waals surface area contributed by atoms with E-state index in [9.17, 15) is 4.79 Å². The summed E-state index contributed by atoms with van der Waals surface area (Å²) >= 11 is 0. The Balaban J connectivity index is 0.00000127. The van der Waals surface area contributed by atoms with Gasteiger partial charge in [0.2, 0.25) is 0 Å². The van der Waals surface area contributed by atoms with Gasteiger partial charge in [-0.3, -0.25) is 9.80 Å². The number of nitrogens with zero attached hydrogens (tertiary/aromatic N) is 3. The zero-order chi connectivity index (χ0) is 17.2. The number of carbonyl (C=O) groups is 1. The molecule has 5 N–H and O–H groups in total. The topological polar surface area (TPSA) is 100.0 Å². The first-order valence-corrected chi connectivity index (χ1v) is 7.97. The number of rotatable bonds is 4. The zero-order valence-electron chi connectivity index (χ0n) is 14.2. The van der Waals surface area contributed by atoms with E-state index in [2.05, 4.69) is 22.4 Å². The quantitative estimate of drug-likeness (QED) is 0.334. The minimum atomic E-state index is -0.0877. The third-order valence-electron chi connectivity index (χ3n) is 3.56. The lowest BCUT2D eigenvalue weighted by Crippen LogP contribution is -2.46. The monoisotopic (exact) mass is 320 g/mol. The number of hydrazine groups is 1. The fraction of sp³-hybridized carbons (Fsp3) is 0.500. The first kappa shape index (κ1) is 18.9. The number of likely N-dealkylation sites (tertiary alicyclic amines) is 1. The predicted octanol–water partition coefficient (Wildman–Crippen LogP) is 1.12. The molecule has 0 radical (unpaired) electrons. The summed E-state index contributed by atoms with van der Waals surface area (Å²) in [6, 6.07) is 7.23. The van der Waals surface area contributed by atoms with Crippen LogP contribution in [-0.2, 0) is 0 Å². The Morgan fingerprint density at radius 3 is 2.87 bits per heavy atom. The van der Waals surface area contributed by atoms with Gasteiger partial charge in [0.05, 0.1) is 5.69 Å². The van der Waals surface area contributed by atoms with Gasteiger partial charge < -0.3 is 16.1 Å². The van der Waals surface area contributed by atoms with Gasteiger partial charge in [0, 0.05) is 18.2 Å². The summed E-state index contributed by atoms with van der Waals surface area (Å²) in [4.78, 5) is 14.5. The third kappa shape index (κ3) is 5.88. The van der Waals surface area contributed by atoms with Gasteiger partial charge in [-0.05, 0) is 44.6 Å². The van der Waals surface area contributed by atoms with Gasteiger partial charge in [0.25, 0.3) is 5.91 Å². The fourth-order valence-electron chi connectivity index (χ4n) is 2.50. The Bertz CT molecular complexity index is 519. The molecule has 2 rings (SSSR count). The number of piperidine rings is 1. The van der Waals surface area contributed by atoms with Crippen molar-refractivity contribution >= 4 is 17.9 Å². The van der Waals surface area contributed by atoms with Gasteiger partial charge in [-0.2, -0.15) is 5.10 Å². The number of amides is 1. The molecule has 23 heavy (non-hydrogen) atoms. The van der Waals surface area contributed by atoms with Crippen LogP contribution in [0.2, 0.25) is 0 Å². The maximum absolute atomic E-state index is 12.3. The van der Waals surface area contributed by atoms with Gasteiger partial charge in [-0.25, -0.2) is 5.84 Å². The first-order chi connectivity index (χ1) is 11.1. The van der Waals surface area contributed by atoms with Crippen molar-refractivity contribution < 1.29 is 4.79 Å². The Morgan fingerprint density at radius 2 is 2.22 bits per heavy atom. The number of nitrogens with one attached hydrogen (secondary N) is 1. The average molecular weight is 320 g/mol. The molecule has 0 aliphatic carbocycles. The van der Waals surface area contributed by atoms with Crippen LogP contribution >= 0.6 is 0 Å². The molecule has 1 atom stereocenters. The molecular formula is C16H28N6O. The number of benzene rings is 1. The summed E-state index contributed by atoms with van der Waals surface area (Å²) in [6.07, 6.45) is 3.40. The van der Waals surface area contributed by atoms with Crippen molar-refractivity contribution in [1.29, 1.82) is 0 Å². The van der Waals surface area contributed by atoms with Crippen LogP contribution in [0.25, 0.3) is 0 Å². The molecule has 1 aliphatic heterocycles. The lowest BCUT2D eigenvalue weighted by atomic mass is 10.1. The fourth-order valence-corrected chi connectivity index (χ4v) is 2.50. The van der Waals surface area contributed by atoms with E-state index in [-0.39, 0.29) is 11.9 Å². The van der Waals surface area contributed by atoms with Crippen LogP contribution in [0.1, 0.15) is 37.0 Å². The highest BCUT2D eigenvalue weighted by atomic mass is 16.1. The number of hydrogen-bond acceptors (Lipinski definition) is 5. The van der Waals surface area contributed by atoms with E-state index >= 15 is 0 Å². The first-order valence-electron chi connectivity index (χ1n) is 7.97. The van der Waals surface area contributed by atoms with Crippen molar-refractivity contribution in [2.45, 2.75) is 32.7 Å². The molecule has 1 saturated heterocycles. The van der Waals surface area contributed by atoms with Crippen molar-refractivity contribution in [3.8, 4) is 0 Å². The minimum Gasteiger partial charge on any atom is -0.348 e. The lowest BCUT2D eigenvalue weighted by Gasteiger charge is -2.30. The van der Waals surface area contributed by atoms with E-state index in [1.54, 1.807) is 24.3 Å². The van der Waals surface area contributed by atoms with Crippen LogP contribution in [0.15, 0.2) is 29.4 Å². The van der Waals surface area contributed by atoms with Gasteiger partial charge in [-0.1, -0.05) is 19.9 Å². The average Bonchev–Trinajstić information content (AvgIpc) is 2.57. The molecule has 1 aromatic carbocycles. The van der Waals surface area contributed by atoms with E-state index < -0.39 is 0 Å². The summed E-state index contributed by atoms with van der Waals surface area (Å²) in [5.74, 6) is 10.7. The van der Waals surface area contributed by atoms with Gasteiger partial charge in [-0.15, -0.1) is 0 Å². The Morgan fingerprint density at radius 1 is 1.48 bits per heavy atom. The summed E-state index contributed by atoms with van der Waals surface area (Å²) in [6.45, 7) is 5.97. The SMILES string of the molecule is CC.CN1CCC[C@@H](NC(=O)c2cccc(N(N)/C=N\N)c2)C1. The molecule has 1 amide bonds. The van der Waals surface area contributed by atoms with E-state index in [1.807, 2.05) is 13.8 Å². The smallest absolute Gasteiger partial charge is 0.251 e. The Labute approximate surface area is 138 Å². The minimum absolute atomic E-state index is 0.0877. The zero-order valence-corrected chi connectivity index (χ0v) is 14.2. The molecular weight excluding hydrogens is 292 g/mol. The molecule has 0 saturated carbocycles. The van der Waals surface area contributed by atoms with Gasteiger partial charge in [0.15, 0.2) is 0 Å². The van der Waals surface area contributed by atoms with Crippen molar-refractivity contribution in [3.63, 3.8) is 0 Å². The second-order valence-corrected chi connectivity index (χ2v) is 5.30. The summed E-state index contributed by atoms with van der Waals surface area (Å²) in [5.41, 5.74) is 1.22. The van der Waals surface area contributed by atoms with Crippen LogP contribution in [0, 0.1) is 0 Å². The number of carbonyl (C=O) groups excluding carboxylic acids is 1. The highest BCUT2D eigenvalue weighted by Crippen LogP contribution is 2.14.